The summed E-state index contributed by atoms with van der Waals surface area (Å²) in [5.41, 5.74) is 5.19. The van der Waals surface area contributed by atoms with Crippen LogP contribution in [0.4, 0.5) is 4.79 Å². The Morgan fingerprint density at radius 1 is 1.12 bits per heavy atom. The van der Waals surface area contributed by atoms with E-state index >= 15 is 0 Å². The lowest BCUT2D eigenvalue weighted by molar-refractivity contribution is -0.129. The van der Waals surface area contributed by atoms with Crippen molar-refractivity contribution in [1.29, 1.82) is 0 Å². The van der Waals surface area contributed by atoms with E-state index in [2.05, 4.69) is 10.6 Å². The Hall–Kier alpha value is -2.61. The first-order chi connectivity index (χ1) is 11.6. The molecule has 5 N–H and O–H groups in total. The molecule has 8 heteroatoms. The predicted molar refractivity (Wildman–Crippen MR) is 91.5 cm³/mol. The Morgan fingerprint density at radius 2 is 1.72 bits per heavy atom. The van der Waals surface area contributed by atoms with E-state index < -0.39 is 42.2 Å². The molecule has 25 heavy (non-hydrogen) atoms. The van der Waals surface area contributed by atoms with Crippen LogP contribution in [0.5, 0.6) is 0 Å². The van der Waals surface area contributed by atoms with Crippen LogP contribution in [0.3, 0.4) is 0 Å². The summed E-state index contributed by atoms with van der Waals surface area (Å²) in [4.78, 5) is 35.6. The Kier molecular flexibility index (Phi) is 7.38. The van der Waals surface area contributed by atoms with Crippen molar-refractivity contribution in [2.24, 2.45) is 5.73 Å². The molecule has 0 aliphatic carbocycles. The van der Waals surface area contributed by atoms with Gasteiger partial charge in [0.2, 0.25) is 11.8 Å². The van der Waals surface area contributed by atoms with Crippen LogP contribution in [0.25, 0.3) is 0 Å². The third-order valence-corrected chi connectivity index (χ3v) is 3.13. The summed E-state index contributed by atoms with van der Waals surface area (Å²) in [6.45, 7) is 4.47. The zero-order chi connectivity index (χ0) is 19.0. The van der Waals surface area contributed by atoms with Crippen LogP contribution in [0.1, 0.15) is 26.3 Å². The molecule has 0 aliphatic rings. The number of alkyl carbamates (subject to hydrolysis) is 1. The largest absolute Gasteiger partial charge is 0.444 e. The fourth-order valence-corrected chi connectivity index (χ4v) is 1.99. The first-order valence-electron chi connectivity index (χ1n) is 7.86. The first kappa shape index (κ1) is 20.4. The highest BCUT2D eigenvalue weighted by Crippen LogP contribution is 2.09. The second kappa shape index (κ2) is 9.03. The molecule has 1 aromatic carbocycles. The Bertz CT molecular complexity index is 598. The van der Waals surface area contributed by atoms with Crippen LogP contribution in [0.15, 0.2) is 30.3 Å². The minimum absolute atomic E-state index is 0.183. The minimum Gasteiger partial charge on any atom is -0.444 e. The van der Waals surface area contributed by atoms with Crippen molar-refractivity contribution < 1.29 is 24.2 Å². The topological polar surface area (TPSA) is 131 Å². The second-order valence-corrected chi connectivity index (χ2v) is 6.53. The average Bonchev–Trinajstić information content (AvgIpc) is 2.50. The molecular formula is C17H25N3O5. The number of benzene rings is 1. The Labute approximate surface area is 146 Å². The van der Waals surface area contributed by atoms with E-state index in [-0.39, 0.29) is 6.42 Å². The van der Waals surface area contributed by atoms with E-state index in [1.165, 1.54) is 0 Å². The van der Waals surface area contributed by atoms with Gasteiger partial charge in [-0.05, 0) is 26.3 Å². The summed E-state index contributed by atoms with van der Waals surface area (Å²) >= 11 is 0. The summed E-state index contributed by atoms with van der Waals surface area (Å²) < 4.78 is 5.16. The van der Waals surface area contributed by atoms with Gasteiger partial charge >= 0.3 is 6.09 Å². The molecule has 8 nitrogen and oxygen atoms in total. The van der Waals surface area contributed by atoms with Crippen LogP contribution >= 0.6 is 0 Å². The number of carbonyl (C=O) groups is 3. The number of nitrogens with one attached hydrogen (secondary N) is 2. The van der Waals surface area contributed by atoms with Crippen LogP contribution in [0.2, 0.25) is 0 Å². The molecule has 2 atom stereocenters. The lowest BCUT2D eigenvalue weighted by Crippen LogP contribution is -2.55. The minimum atomic E-state index is -1.23. The van der Waals surface area contributed by atoms with Gasteiger partial charge in [-0.25, -0.2) is 4.79 Å². The van der Waals surface area contributed by atoms with Crippen LogP contribution in [0, 0.1) is 0 Å². The molecule has 0 unspecified atom stereocenters. The molecule has 0 heterocycles. The molecule has 138 valence electrons. The molecule has 0 aliphatic heterocycles. The normalized spacial score (nSPS) is 13.4. The zero-order valence-corrected chi connectivity index (χ0v) is 14.6. The summed E-state index contributed by atoms with van der Waals surface area (Å²) in [7, 11) is 0. The molecule has 0 radical (unpaired) electrons. The average molecular weight is 351 g/mol. The fourth-order valence-electron chi connectivity index (χ4n) is 1.99. The molecular weight excluding hydrogens is 326 g/mol. The number of ether oxygens (including phenoxy) is 1. The molecule has 0 saturated heterocycles. The van der Waals surface area contributed by atoms with Crippen molar-refractivity contribution in [2.75, 3.05) is 6.61 Å². The summed E-state index contributed by atoms with van der Waals surface area (Å²) in [6.07, 6.45) is -0.578. The smallest absolute Gasteiger partial charge is 0.408 e. The van der Waals surface area contributed by atoms with Crippen molar-refractivity contribution in [2.45, 2.75) is 44.9 Å². The van der Waals surface area contributed by atoms with E-state index in [9.17, 15) is 14.4 Å². The van der Waals surface area contributed by atoms with Crippen molar-refractivity contribution >= 4 is 17.9 Å². The number of nitrogens with two attached hydrogens (primary N) is 1. The van der Waals surface area contributed by atoms with Gasteiger partial charge in [-0.3, -0.25) is 9.59 Å². The van der Waals surface area contributed by atoms with Gasteiger partial charge in [-0.15, -0.1) is 0 Å². The summed E-state index contributed by atoms with van der Waals surface area (Å²) in [6, 6.07) is 6.81. The van der Waals surface area contributed by atoms with Crippen molar-refractivity contribution in [1.82, 2.24) is 10.6 Å². The fraction of sp³-hybridized carbons (Fsp3) is 0.471. The van der Waals surface area contributed by atoms with Gasteiger partial charge in [-0.2, -0.15) is 0 Å². The highest BCUT2D eigenvalue weighted by Gasteiger charge is 2.27. The number of rotatable bonds is 7. The van der Waals surface area contributed by atoms with E-state index in [1.807, 2.05) is 6.07 Å². The highest BCUT2D eigenvalue weighted by atomic mass is 16.6. The third-order valence-electron chi connectivity index (χ3n) is 3.13. The maximum Gasteiger partial charge on any atom is 0.408 e. The molecule has 0 bridgehead atoms. The predicted octanol–water partition coefficient (Wildman–Crippen LogP) is 0.0848. The number of amides is 3. The number of carbonyl (C=O) groups excluding carboxylic acids is 3. The van der Waals surface area contributed by atoms with Gasteiger partial charge in [0.1, 0.15) is 17.7 Å². The standard InChI is InChI=1S/C17H25N3O5/c1-17(2,3)25-16(24)20-12(9-11-7-5-4-6-8-11)15(23)19-13(10-21)14(18)22/h4-8,12-13,21H,9-10H2,1-3H3,(H2,18,22)(H,19,23)(H,20,24)/t12-,13-/m0/s1. The van der Waals surface area contributed by atoms with Crippen molar-refractivity contribution in [3.63, 3.8) is 0 Å². The van der Waals surface area contributed by atoms with E-state index in [4.69, 9.17) is 15.6 Å². The molecule has 1 rings (SSSR count). The zero-order valence-electron chi connectivity index (χ0n) is 14.6. The van der Waals surface area contributed by atoms with Gasteiger partial charge in [0.05, 0.1) is 6.61 Å². The van der Waals surface area contributed by atoms with Gasteiger partial charge in [0, 0.05) is 6.42 Å². The number of aliphatic hydroxyl groups excluding tert-OH is 1. The maximum atomic E-state index is 12.4. The lowest BCUT2D eigenvalue weighted by Gasteiger charge is -2.24. The third kappa shape index (κ3) is 7.67. The van der Waals surface area contributed by atoms with Crippen LogP contribution < -0.4 is 16.4 Å². The number of primary amides is 1. The van der Waals surface area contributed by atoms with E-state index in [0.717, 1.165) is 5.56 Å². The lowest BCUT2D eigenvalue weighted by atomic mass is 10.0. The summed E-state index contributed by atoms with van der Waals surface area (Å²) in [5, 5.41) is 13.9. The first-order valence-corrected chi connectivity index (χ1v) is 7.86. The van der Waals surface area contributed by atoms with Crippen LogP contribution in [-0.4, -0.2) is 47.3 Å². The molecule has 0 aromatic heterocycles. The monoisotopic (exact) mass is 351 g/mol. The molecule has 3 amide bonds. The summed E-state index contributed by atoms with van der Waals surface area (Å²) in [5.74, 6) is -1.51. The molecule has 0 spiro atoms. The number of hydrogen-bond acceptors (Lipinski definition) is 5. The van der Waals surface area contributed by atoms with Crippen LogP contribution in [-0.2, 0) is 20.7 Å². The van der Waals surface area contributed by atoms with Gasteiger partial charge < -0.3 is 26.2 Å². The molecule has 1 aromatic rings. The second-order valence-electron chi connectivity index (χ2n) is 6.53. The van der Waals surface area contributed by atoms with E-state index in [0.29, 0.717) is 0 Å². The molecule has 0 saturated carbocycles. The highest BCUT2D eigenvalue weighted by molar-refractivity contribution is 5.91. The Morgan fingerprint density at radius 3 is 2.20 bits per heavy atom. The van der Waals surface area contributed by atoms with Crippen molar-refractivity contribution in [3.8, 4) is 0 Å². The molecule has 0 fully saturated rings. The Balaban J connectivity index is 2.88. The number of aliphatic hydroxyl groups is 1. The number of hydrogen-bond donors (Lipinski definition) is 4. The quantitative estimate of drug-likeness (QED) is 0.553. The maximum absolute atomic E-state index is 12.4. The van der Waals surface area contributed by atoms with Gasteiger partial charge in [0.15, 0.2) is 0 Å². The van der Waals surface area contributed by atoms with Gasteiger partial charge in [0.25, 0.3) is 0 Å². The van der Waals surface area contributed by atoms with Crippen molar-refractivity contribution in [3.05, 3.63) is 35.9 Å². The SMILES string of the molecule is CC(C)(C)OC(=O)N[C@@H](Cc1ccccc1)C(=O)N[C@@H](CO)C(N)=O. The van der Waals surface area contributed by atoms with Gasteiger partial charge in [-0.1, -0.05) is 30.3 Å². The van der Waals surface area contributed by atoms with E-state index in [1.54, 1.807) is 45.0 Å².